The lowest BCUT2D eigenvalue weighted by Gasteiger charge is -2.29. The minimum absolute atomic E-state index is 0.0944. The molecule has 1 aromatic carbocycles. The second kappa shape index (κ2) is 6.50. The average Bonchev–Trinajstić information content (AvgIpc) is 2.39. The minimum atomic E-state index is -0.288. The largest absolute Gasteiger partial charge is 0.350 e. The molecule has 1 aliphatic rings. The second-order valence-electron chi connectivity index (χ2n) is 5.27. The number of nitrogens with one attached hydrogen (secondary N) is 1. The van der Waals surface area contributed by atoms with Crippen LogP contribution in [0, 0.1) is 11.7 Å². The lowest BCUT2D eigenvalue weighted by molar-refractivity contribution is -0.117. The highest BCUT2D eigenvalue weighted by molar-refractivity contribution is 5.91. The number of amides is 1. The third kappa shape index (κ3) is 4.19. The van der Waals surface area contributed by atoms with E-state index in [1.54, 1.807) is 18.2 Å². The van der Waals surface area contributed by atoms with Gasteiger partial charge in [0.1, 0.15) is 5.82 Å². The highest BCUT2D eigenvalue weighted by atomic mass is 19.1. The molecule has 0 bridgehead atoms. The fourth-order valence-electron chi connectivity index (χ4n) is 2.54. The standard InChI is InChI=1S/C16H20FNO/c1-12-5-2-3-8-15(12)18-16(19)10-9-13-6-4-7-14(17)11-13/h4,6-7,9-12,15H,2-3,5,8H2,1H3,(H,18,19)/b10-9+/t12-,15+/m1/s1. The van der Waals surface area contributed by atoms with Crippen LogP contribution in [0.1, 0.15) is 38.2 Å². The Morgan fingerprint density at radius 1 is 1.37 bits per heavy atom. The van der Waals surface area contributed by atoms with Crippen LogP contribution in [0.25, 0.3) is 6.08 Å². The Labute approximate surface area is 113 Å². The fourth-order valence-corrected chi connectivity index (χ4v) is 2.54. The molecule has 3 heteroatoms. The fraction of sp³-hybridized carbons (Fsp3) is 0.438. The van der Waals surface area contributed by atoms with Gasteiger partial charge in [-0.1, -0.05) is 31.9 Å². The molecule has 2 rings (SSSR count). The van der Waals surface area contributed by atoms with E-state index in [1.807, 2.05) is 0 Å². The molecule has 2 nitrogen and oxygen atoms in total. The summed E-state index contributed by atoms with van der Waals surface area (Å²) in [5, 5.41) is 3.03. The van der Waals surface area contributed by atoms with E-state index in [4.69, 9.17) is 0 Å². The molecule has 1 fully saturated rings. The van der Waals surface area contributed by atoms with Crippen molar-refractivity contribution in [2.75, 3.05) is 0 Å². The van der Waals surface area contributed by atoms with E-state index < -0.39 is 0 Å². The first kappa shape index (κ1) is 13.8. The van der Waals surface area contributed by atoms with E-state index in [2.05, 4.69) is 12.2 Å². The predicted molar refractivity (Wildman–Crippen MR) is 75.0 cm³/mol. The van der Waals surface area contributed by atoms with Crippen molar-refractivity contribution in [2.24, 2.45) is 5.92 Å². The van der Waals surface area contributed by atoms with Gasteiger partial charge in [0.15, 0.2) is 0 Å². The van der Waals surface area contributed by atoms with Crippen molar-refractivity contribution in [3.05, 3.63) is 41.7 Å². The number of benzene rings is 1. The van der Waals surface area contributed by atoms with Crippen LogP contribution >= 0.6 is 0 Å². The van der Waals surface area contributed by atoms with Crippen molar-refractivity contribution in [3.8, 4) is 0 Å². The maximum atomic E-state index is 13.0. The maximum Gasteiger partial charge on any atom is 0.244 e. The van der Waals surface area contributed by atoms with E-state index >= 15 is 0 Å². The predicted octanol–water partition coefficient (Wildman–Crippen LogP) is 3.53. The van der Waals surface area contributed by atoms with Crippen molar-refractivity contribution in [1.82, 2.24) is 5.32 Å². The quantitative estimate of drug-likeness (QED) is 0.828. The summed E-state index contributed by atoms with van der Waals surface area (Å²) in [7, 11) is 0. The van der Waals surface area contributed by atoms with Gasteiger partial charge >= 0.3 is 0 Å². The van der Waals surface area contributed by atoms with E-state index in [9.17, 15) is 9.18 Å². The molecule has 0 heterocycles. The molecule has 0 unspecified atom stereocenters. The van der Waals surface area contributed by atoms with Gasteiger partial charge in [-0.3, -0.25) is 4.79 Å². The number of carbonyl (C=O) groups excluding carboxylic acids is 1. The Morgan fingerprint density at radius 2 is 2.16 bits per heavy atom. The first-order valence-corrected chi connectivity index (χ1v) is 6.89. The van der Waals surface area contributed by atoms with E-state index in [-0.39, 0.29) is 17.8 Å². The molecule has 1 saturated carbocycles. The van der Waals surface area contributed by atoms with Crippen LogP contribution in [-0.2, 0) is 4.79 Å². The number of halogens is 1. The number of rotatable bonds is 3. The third-order valence-corrected chi connectivity index (χ3v) is 3.71. The Balaban J connectivity index is 1.90. The van der Waals surface area contributed by atoms with Crippen LogP contribution in [0.2, 0.25) is 0 Å². The van der Waals surface area contributed by atoms with Gasteiger partial charge in [-0.2, -0.15) is 0 Å². The second-order valence-corrected chi connectivity index (χ2v) is 5.27. The summed E-state index contributed by atoms with van der Waals surface area (Å²) in [6, 6.07) is 6.48. The smallest absolute Gasteiger partial charge is 0.244 e. The Hall–Kier alpha value is -1.64. The van der Waals surface area contributed by atoms with Gasteiger partial charge in [0.2, 0.25) is 5.91 Å². The lowest BCUT2D eigenvalue weighted by atomic mass is 9.86. The summed E-state index contributed by atoms with van der Waals surface area (Å²) >= 11 is 0. The lowest BCUT2D eigenvalue weighted by Crippen LogP contribution is -2.40. The summed E-state index contributed by atoms with van der Waals surface area (Å²) in [4.78, 5) is 11.8. The van der Waals surface area contributed by atoms with E-state index in [1.165, 1.54) is 37.5 Å². The van der Waals surface area contributed by atoms with E-state index in [0.717, 1.165) is 6.42 Å². The van der Waals surface area contributed by atoms with Gasteiger partial charge in [0, 0.05) is 12.1 Å². The van der Waals surface area contributed by atoms with Crippen molar-refractivity contribution < 1.29 is 9.18 Å². The third-order valence-electron chi connectivity index (χ3n) is 3.71. The summed E-state index contributed by atoms with van der Waals surface area (Å²) in [6.07, 6.45) is 7.80. The molecule has 0 radical (unpaired) electrons. The zero-order valence-electron chi connectivity index (χ0n) is 11.2. The zero-order valence-corrected chi connectivity index (χ0v) is 11.2. The summed E-state index contributed by atoms with van der Waals surface area (Å²) in [6.45, 7) is 2.18. The van der Waals surface area contributed by atoms with Crippen LogP contribution < -0.4 is 5.32 Å². The minimum Gasteiger partial charge on any atom is -0.350 e. The summed E-state index contributed by atoms with van der Waals surface area (Å²) in [5.74, 6) is 0.159. The van der Waals surface area contributed by atoms with Crippen molar-refractivity contribution in [1.29, 1.82) is 0 Å². The molecule has 1 N–H and O–H groups in total. The molecular weight excluding hydrogens is 241 g/mol. The van der Waals surface area contributed by atoms with Crippen LogP contribution in [0.5, 0.6) is 0 Å². The van der Waals surface area contributed by atoms with Gasteiger partial charge in [-0.15, -0.1) is 0 Å². The molecule has 1 amide bonds. The van der Waals surface area contributed by atoms with Gasteiger partial charge in [-0.25, -0.2) is 4.39 Å². The molecule has 19 heavy (non-hydrogen) atoms. The normalized spacial score (nSPS) is 23.5. The highest BCUT2D eigenvalue weighted by Gasteiger charge is 2.21. The van der Waals surface area contributed by atoms with Crippen LogP contribution in [0.3, 0.4) is 0 Å². The first-order chi connectivity index (χ1) is 9.15. The number of hydrogen-bond acceptors (Lipinski definition) is 1. The number of hydrogen-bond donors (Lipinski definition) is 1. The Kier molecular flexibility index (Phi) is 4.72. The van der Waals surface area contributed by atoms with Crippen molar-refractivity contribution in [2.45, 2.75) is 38.6 Å². The maximum absolute atomic E-state index is 13.0. The van der Waals surface area contributed by atoms with Gasteiger partial charge in [0.05, 0.1) is 0 Å². The molecule has 0 aromatic heterocycles. The van der Waals surface area contributed by atoms with Gasteiger partial charge in [0.25, 0.3) is 0 Å². The van der Waals surface area contributed by atoms with Crippen LogP contribution in [0.4, 0.5) is 4.39 Å². The summed E-state index contributed by atoms with van der Waals surface area (Å²) < 4.78 is 13.0. The first-order valence-electron chi connectivity index (χ1n) is 6.89. The topological polar surface area (TPSA) is 29.1 Å². The molecule has 1 aromatic rings. The van der Waals surface area contributed by atoms with Crippen molar-refractivity contribution >= 4 is 12.0 Å². The van der Waals surface area contributed by atoms with E-state index in [0.29, 0.717) is 11.5 Å². The summed E-state index contributed by atoms with van der Waals surface area (Å²) in [5.41, 5.74) is 0.701. The SMILES string of the molecule is C[C@@H]1CCCC[C@@H]1NC(=O)/C=C/c1cccc(F)c1. The molecule has 2 atom stereocenters. The molecule has 0 spiro atoms. The Morgan fingerprint density at radius 3 is 2.89 bits per heavy atom. The monoisotopic (exact) mass is 261 g/mol. The zero-order chi connectivity index (χ0) is 13.7. The van der Waals surface area contributed by atoms with Crippen LogP contribution in [-0.4, -0.2) is 11.9 Å². The average molecular weight is 261 g/mol. The van der Waals surface area contributed by atoms with Gasteiger partial charge in [-0.05, 0) is 42.5 Å². The van der Waals surface area contributed by atoms with Gasteiger partial charge < -0.3 is 5.32 Å². The molecule has 102 valence electrons. The molecular formula is C16H20FNO. The Bertz CT molecular complexity index is 470. The number of carbonyl (C=O) groups is 1. The molecule has 1 aliphatic carbocycles. The molecule has 0 aliphatic heterocycles. The van der Waals surface area contributed by atoms with Crippen molar-refractivity contribution in [3.63, 3.8) is 0 Å². The van der Waals surface area contributed by atoms with Crippen LogP contribution in [0.15, 0.2) is 30.3 Å². The highest BCUT2D eigenvalue weighted by Crippen LogP contribution is 2.23. The molecule has 0 saturated heterocycles.